The van der Waals surface area contributed by atoms with Crippen molar-refractivity contribution in [1.82, 2.24) is 5.32 Å². The van der Waals surface area contributed by atoms with E-state index in [1.807, 2.05) is 24.3 Å². The predicted octanol–water partition coefficient (Wildman–Crippen LogP) is 5.15. The largest absolute Gasteiger partial charge is 0.490 e. The van der Waals surface area contributed by atoms with Crippen molar-refractivity contribution in [2.45, 2.75) is 38.8 Å². The summed E-state index contributed by atoms with van der Waals surface area (Å²) in [5, 5.41) is 7.28. The minimum Gasteiger partial charge on any atom is -0.490 e. The molecular weight excluding hydrogens is 356 g/mol. The van der Waals surface area contributed by atoms with Crippen LogP contribution in [0, 0.1) is 6.92 Å². The number of fused-ring (bicyclic) bond motifs is 1. The van der Waals surface area contributed by atoms with Crippen molar-refractivity contribution in [1.29, 1.82) is 0 Å². The van der Waals surface area contributed by atoms with Crippen LogP contribution in [0.15, 0.2) is 55.1 Å². The van der Waals surface area contributed by atoms with Crippen molar-refractivity contribution in [3.05, 3.63) is 66.2 Å². The van der Waals surface area contributed by atoms with Crippen LogP contribution in [0.2, 0.25) is 0 Å². The van der Waals surface area contributed by atoms with Gasteiger partial charge in [0.2, 0.25) is 0 Å². The molecule has 2 aromatic carbocycles. The molecule has 0 spiro atoms. The molecule has 0 radical (unpaired) electrons. The standard InChI is InChI=1S/C22H26N2O2S/c1-5-12-25-17-9-7-16(8-10-17)23-21(27)24-19-14-22(3,4)26-20-13-15(2)6-11-18(19)20/h5-11,13,19H,1,12,14H2,2-4H3,(H2,23,24,27). The fourth-order valence-corrected chi connectivity index (χ4v) is 3.46. The van der Waals surface area contributed by atoms with Gasteiger partial charge in [-0.15, -0.1) is 0 Å². The monoisotopic (exact) mass is 382 g/mol. The first-order chi connectivity index (χ1) is 12.9. The number of thiocarbonyl (C=S) groups is 1. The third-order valence-electron chi connectivity index (χ3n) is 4.41. The van der Waals surface area contributed by atoms with E-state index in [0.29, 0.717) is 11.7 Å². The number of benzene rings is 2. The zero-order valence-corrected chi connectivity index (χ0v) is 16.9. The molecule has 2 aromatic rings. The number of nitrogens with one attached hydrogen (secondary N) is 2. The second-order valence-corrected chi connectivity index (χ2v) is 7.79. The summed E-state index contributed by atoms with van der Waals surface area (Å²) in [6, 6.07) is 14.1. The highest BCUT2D eigenvalue weighted by Gasteiger charge is 2.34. The molecule has 0 saturated carbocycles. The molecule has 3 rings (SSSR count). The molecule has 142 valence electrons. The summed E-state index contributed by atoms with van der Waals surface area (Å²) in [4.78, 5) is 0. The van der Waals surface area contributed by atoms with Gasteiger partial charge in [-0.05, 0) is 68.9 Å². The maximum absolute atomic E-state index is 6.15. The molecule has 0 bridgehead atoms. The van der Waals surface area contributed by atoms with Crippen LogP contribution in [0.5, 0.6) is 11.5 Å². The normalized spacial score (nSPS) is 17.2. The Bertz CT molecular complexity index is 831. The zero-order chi connectivity index (χ0) is 19.4. The van der Waals surface area contributed by atoms with Crippen molar-refractivity contribution in [2.24, 2.45) is 0 Å². The molecule has 1 atom stereocenters. The Morgan fingerprint density at radius 2 is 2.04 bits per heavy atom. The van der Waals surface area contributed by atoms with E-state index in [9.17, 15) is 0 Å². The Balaban J connectivity index is 1.68. The summed E-state index contributed by atoms with van der Waals surface area (Å²) >= 11 is 5.54. The number of rotatable bonds is 5. The van der Waals surface area contributed by atoms with Gasteiger partial charge in [0.25, 0.3) is 0 Å². The van der Waals surface area contributed by atoms with Gasteiger partial charge in [-0.2, -0.15) is 0 Å². The first-order valence-corrected chi connectivity index (χ1v) is 9.48. The van der Waals surface area contributed by atoms with Gasteiger partial charge < -0.3 is 20.1 Å². The van der Waals surface area contributed by atoms with E-state index in [1.54, 1.807) is 6.08 Å². The topological polar surface area (TPSA) is 42.5 Å². The molecule has 1 unspecified atom stereocenters. The highest BCUT2D eigenvalue weighted by Crippen LogP contribution is 2.39. The van der Waals surface area contributed by atoms with Crippen LogP contribution in [0.3, 0.4) is 0 Å². The van der Waals surface area contributed by atoms with Crippen molar-refractivity contribution in [3.8, 4) is 11.5 Å². The van der Waals surface area contributed by atoms with Crippen LogP contribution < -0.4 is 20.1 Å². The van der Waals surface area contributed by atoms with Crippen molar-refractivity contribution >= 4 is 23.0 Å². The lowest BCUT2D eigenvalue weighted by Gasteiger charge is -2.38. The van der Waals surface area contributed by atoms with E-state index in [0.717, 1.165) is 29.2 Å². The lowest BCUT2D eigenvalue weighted by atomic mass is 9.89. The highest BCUT2D eigenvalue weighted by molar-refractivity contribution is 7.80. The van der Waals surface area contributed by atoms with Crippen LogP contribution in [0.4, 0.5) is 5.69 Å². The average Bonchev–Trinajstić information content (AvgIpc) is 2.59. The van der Waals surface area contributed by atoms with Gasteiger partial charge in [0.1, 0.15) is 23.7 Å². The number of hydrogen-bond acceptors (Lipinski definition) is 3. The molecule has 2 N–H and O–H groups in total. The summed E-state index contributed by atoms with van der Waals surface area (Å²) < 4.78 is 11.7. The van der Waals surface area contributed by atoms with Crippen LogP contribution in [0.1, 0.15) is 37.4 Å². The number of aryl methyl sites for hydroxylation is 1. The van der Waals surface area contributed by atoms with Crippen molar-refractivity contribution in [2.75, 3.05) is 11.9 Å². The quantitative estimate of drug-likeness (QED) is 0.553. The summed E-state index contributed by atoms with van der Waals surface area (Å²) in [5.41, 5.74) is 2.98. The molecule has 1 aliphatic rings. The molecule has 5 heteroatoms. The molecule has 0 fully saturated rings. The van der Waals surface area contributed by atoms with Gasteiger partial charge in [0.05, 0.1) is 6.04 Å². The Morgan fingerprint density at radius 3 is 2.74 bits per heavy atom. The molecule has 0 amide bonds. The van der Waals surface area contributed by atoms with Crippen LogP contribution in [0.25, 0.3) is 0 Å². The fourth-order valence-electron chi connectivity index (χ4n) is 3.20. The second-order valence-electron chi connectivity index (χ2n) is 7.38. The van der Waals surface area contributed by atoms with Crippen molar-refractivity contribution < 1.29 is 9.47 Å². The van der Waals surface area contributed by atoms with Crippen LogP contribution in [-0.2, 0) is 0 Å². The number of ether oxygens (including phenoxy) is 2. The summed E-state index contributed by atoms with van der Waals surface area (Å²) in [5.74, 6) is 1.73. The molecule has 1 aliphatic heterocycles. The Morgan fingerprint density at radius 1 is 1.30 bits per heavy atom. The molecule has 4 nitrogen and oxygen atoms in total. The lowest BCUT2D eigenvalue weighted by Crippen LogP contribution is -2.42. The SMILES string of the molecule is C=CCOc1ccc(NC(=S)NC2CC(C)(C)Oc3cc(C)ccc32)cc1. The number of hydrogen-bond donors (Lipinski definition) is 2. The summed E-state index contributed by atoms with van der Waals surface area (Å²) in [6.45, 7) is 10.4. The summed E-state index contributed by atoms with van der Waals surface area (Å²) in [6.07, 6.45) is 2.55. The molecule has 0 saturated heterocycles. The molecule has 0 aromatic heterocycles. The van der Waals surface area contributed by atoms with Gasteiger partial charge in [-0.25, -0.2) is 0 Å². The zero-order valence-electron chi connectivity index (χ0n) is 16.0. The maximum atomic E-state index is 6.15. The molecule has 1 heterocycles. The second kappa shape index (κ2) is 8.01. The average molecular weight is 383 g/mol. The van der Waals surface area contributed by atoms with E-state index in [-0.39, 0.29) is 11.6 Å². The third kappa shape index (κ3) is 5.01. The first-order valence-electron chi connectivity index (χ1n) is 9.07. The molecule has 27 heavy (non-hydrogen) atoms. The minimum absolute atomic E-state index is 0.0968. The van der Waals surface area contributed by atoms with Crippen LogP contribution in [-0.4, -0.2) is 17.3 Å². The third-order valence-corrected chi connectivity index (χ3v) is 4.63. The van der Waals surface area contributed by atoms with E-state index in [4.69, 9.17) is 21.7 Å². The smallest absolute Gasteiger partial charge is 0.171 e. The van der Waals surface area contributed by atoms with Gasteiger partial charge in [0, 0.05) is 17.7 Å². The Hall–Kier alpha value is -2.53. The van der Waals surface area contributed by atoms with Gasteiger partial charge >= 0.3 is 0 Å². The van der Waals surface area contributed by atoms with Gasteiger partial charge in [-0.1, -0.05) is 24.8 Å². The van der Waals surface area contributed by atoms with E-state index in [2.05, 4.69) is 56.2 Å². The highest BCUT2D eigenvalue weighted by atomic mass is 32.1. The van der Waals surface area contributed by atoms with E-state index in [1.165, 1.54) is 5.56 Å². The Kier molecular flexibility index (Phi) is 5.71. The Labute approximate surface area is 166 Å². The van der Waals surface area contributed by atoms with Gasteiger partial charge in [-0.3, -0.25) is 0 Å². The predicted molar refractivity (Wildman–Crippen MR) is 115 cm³/mol. The maximum Gasteiger partial charge on any atom is 0.171 e. The minimum atomic E-state index is -0.252. The van der Waals surface area contributed by atoms with Gasteiger partial charge in [0.15, 0.2) is 5.11 Å². The van der Waals surface area contributed by atoms with E-state index >= 15 is 0 Å². The molecular formula is C22H26N2O2S. The van der Waals surface area contributed by atoms with E-state index < -0.39 is 0 Å². The molecule has 0 aliphatic carbocycles. The first kappa shape index (κ1) is 19.2. The van der Waals surface area contributed by atoms with Crippen molar-refractivity contribution in [3.63, 3.8) is 0 Å². The summed E-state index contributed by atoms with van der Waals surface area (Å²) in [7, 11) is 0. The van der Waals surface area contributed by atoms with Crippen LogP contribution >= 0.6 is 12.2 Å². The lowest BCUT2D eigenvalue weighted by molar-refractivity contribution is 0.0696. The number of anilines is 1. The fraction of sp³-hybridized carbons (Fsp3) is 0.318.